The van der Waals surface area contributed by atoms with Gasteiger partial charge in [0.15, 0.2) is 0 Å². The van der Waals surface area contributed by atoms with E-state index >= 15 is 0 Å². The van der Waals surface area contributed by atoms with E-state index in [0.29, 0.717) is 0 Å². The molecule has 0 aliphatic carbocycles. The van der Waals surface area contributed by atoms with Gasteiger partial charge in [0.2, 0.25) is 0 Å². The van der Waals surface area contributed by atoms with Gasteiger partial charge in [-0.3, -0.25) is 0 Å². The fraction of sp³-hybridized carbons (Fsp3) is 0.636. The van der Waals surface area contributed by atoms with E-state index in [1.807, 2.05) is 0 Å². The third-order valence-corrected chi connectivity index (χ3v) is 2.27. The molecule has 0 fully saturated rings. The Balaban J connectivity index is 2.96. The molecule has 0 spiro atoms. The molecule has 1 aliphatic heterocycles. The molecule has 1 aliphatic rings. The average molecular weight is 166 g/mol. The molecule has 1 rings (SSSR count). The summed E-state index contributed by atoms with van der Waals surface area (Å²) in [5.41, 5.74) is 3.12. The second-order valence-electron chi connectivity index (χ2n) is 4.22. The van der Waals surface area contributed by atoms with Crippen LogP contribution in [0.2, 0.25) is 0 Å². The van der Waals surface area contributed by atoms with Crippen molar-refractivity contribution < 1.29 is 4.74 Å². The first kappa shape index (κ1) is 9.37. The van der Waals surface area contributed by atoms with Crippen molar-refractivity contribution in [1.29, 1.82) is 0 Å². The summed E-state index contributed by atoms with van der Waals surface area (Å²) in [6.07, 6.45) is 4.99. The van der Waals surface area contributed by atoms with Crippen molar-refractivity contribution in [3.63, 3.8) is 0 Å². The van der Waals surface area contributed by atoms with Gasteiger partial charge in [-0.1, -0.05) is 27.7 Å². The van der Waals surface area contributed by atoms with Crippen molar-refractivity contribution in [2.75, 3.05) is 6.61 Å². The van der Waals surface area contributed by atoms with Gasteiger partial charge in [-0.05, 0) is 29.1 Å². The van der Waals surface area contributed by atoms with Crippen LogP contribution in [0.5, 0.6) is 0 Å². The van der Waals surface area contributed by atoms with Gasteiger partial charge in [-0.2, -0.15) is 0 Å². The average Bonchev–Trinajstić information content (AvgIpc) is 2.03. The van der Waals surface area contributed by atoms with Crippen LogP contribution in [0.3, 0.4) is 0 Å². The molecule has 1 nitrogen and oxygen atoms in total. The molecule has 0 unspecified atom stereocenters. The SMILES string of the molecule is CCC1=C(C(C)(C)C)COC=C1. The van der Waals surface area contributed by atoms with E-state index in [4.69, 9.17) is 4.74 Å². The van der Waals surface area contributed by atoms with Gasteiger partial charge in [-0.25, -0.2) is 0 Å². The van der Waals surface area contributed by atoms with Crippen LogP contribution in [0.4, 0.5) is 0 Å². The highest BCUT2D eigenvalue weighted by molar-refractivity contribution is 5.31. The predicted octanol–water partition coefficient (Wildman–Crippen LogP) is 3.28. The van der Waals surface area contributed by atoms with Crippen LogP contribution in [0.15, 0.2) is 23.5 Å². The lowest BCUT2D eigenvalue weighted by atomic mass is 9.82. The van der Waals surface area contributed by atoms with Gasteiger partial charge in [-0.15, -0.1) is 0 Å². The molecule has 0 radical (unpaired) electrons. The van der Waals surface area contributed by atoms with Crippen molar-refractivity contribution in [2.45, 2.75) is 34.1 Å². The normalized spacial score (nSPS) is 18.0. The molecule has 0 N–H and O–H groups in total. The largest absolute Gasteiger partial charge is 0.497 e. The number of ether oxygens (including phenoxy) is 1. The Labute approximate surface area is 75.1 Å². The van der Waals surface area contributed by atoms with Gasteiger partial charge in [0.1, 0.15) is 6.61 Å². The van der Waals surface area contributed by atoms with Crippen molar-refractivity contribution in [2.24, 2.45) is 5.41 Å². The Bertz CT molecular complexity index is 216. The third kappa shape index (κ3) is 1.90. The molecule has 0 aromatic rings. The van der Waals surface area contributed by atoms with Crippen LogP contribution in [-0.4, -0.2) is 6.61 Å². The van der Waals surface area contributed by atoms with Crippen molar-refractivity contribution in [1.82, 2.24) is 0 Å². The Morgan fingerprint density at radius 3 is 2.50 bits per heavy atom. The Kier molecular flexibility index (Phi) is 2.61. The van der Waals surface area contributed by atoms with E-state index in [1.54, 1.807) is 6.26 Å². The van der Waals surface area contributed by atoms with Crippen LogP contribution in [0, 0.1) is 5.41 Å². The van der Waals surface area contributed by atoms with Gasteiger partial charge in [0.25, 0.3) is 0 Å². The summed E-state index contributed by atoms with van der Waals surface area (Å²) in [4.78, 5) is 0. The van der Waals surface area contributed by atoms with Crippen molar-refractivity contribution in [3.05, 3.63) is 23.5 Å². The lowest BCUT2D eigenvalue weighted by Crippen LogP contribution is -2.17. The summed E-state index contributed by atoms with van der Waals surface area (Å²) in [7, 11) is 0. The zero-order valence-electron chi connectivity index (χ0n) is 8.48. The van der Waals surface area contributed by atoms with E-state index in [2.05, 4.69) is 33.8 Å². The topological polar surface area (TPSA) is 9.23 Å². The minimum absolute atomic E-state index is 0.246. The van der Waals surface area contributed by atoms with Gasteiger partial charge < -0.3 is 4.74 Å². The monoisotopic (exact) mass is 166 g/mol. The highest BCUT2D eigenvalue weighted by atomic mass is 16.5. The maximum atomic E-state index is 5.30. The lowest BCUT2D eigenvalue weighted by Gasteiger charge is -2.27. The molecular formula is C11H18O. The van der Waals surface area contributed by atoms with E-state index < -0.39 is 0 Å². The highest BCUT2D eigenvalue weighted by Crippen LogP contribution is 2.31. The van der Waals surface area contributed by atoms with Crippen LogP contribution < -0.4 is 0 Å². The highest BCUT2D eigenvalue weighted by Gasteiger charge is 2.21. The number of allylic oxidation sites excluding steroid dienone is 2. The molecule has 1 heterocycles. The standard InChI is InChI=1S/C11H18O/c1-5-9-6-7-12-8-10(9)11(2,3)4/h6-7H,5,8H2,1-4H3. The fourth-order valence-corrected chi connectivity index (χ4v) is 1.48. The lowest BCUT2D eigenvalue weighted by molar-refractivity contribution is 0.246. The Morgan fingerprint density at radius 1 is 1.42 bits per heavy atom. The summed E-state index contributed by atoms with van der Waals surface area (Å²) in [6, 6.07) is 0. The van der Waals surface area contributed by atoms with Crippen molar-refractivity contribution in [3.8, 4) is 0 Å². The van der Waals surface area contributed by atoms with Gasteiger partial charge in [0.05, 0.1) is 6.26 Å². The third-order valence-electron chi connectivity index (χ3n) is 2.27. The molecule has 1 heteroatoms. The predicted molar refractivity (Wildman–Crippen MR) is 51.9 cm³/mol. The zero-order valence-corrected chi connectivity index (χ0v) is 8.48. The second kappa shape index (κ2) is 3.34. The maximum Gasteiger partial charge on any atom is 0.109 e. The van der Waals surface area contributed by atoms with Gasteiger partial charge in [0, 0.05) is 0 Å². The summed E-state index contributed by atoms with van der Waals surface area (Å²) in [5, 5.41) is 0. The minimum Gasteiger partial charge on any atom is -0.497 e. The first-order chi connectivity index (χ1) is 5.55. The maximum absolute atomic E-state index is 5.30. The second-order valence-corrected chi connectivity index (χ2v) is 4.22. The Hall–Kier alpha value is -0.720. The zero-order chi connectivity index (χ0) is 9.19. The quantitative estimate of drug-likeness (QED) is 0.581. The van der Waals surface area contributed by atoms with Crippen LogP contribution in [-0.2, 0) is 4.74 Å². The van der Waals surface area contributed by atoms with E-state index in [1.165, 1.54) is 11.1 Å². The molecule has 12 heavy (non-hydrogen) atoms. The molecule has 68 valence electrons. The molecule has 0 aromatic heterocycles. The number of rotatable bonds is 1. The number of hydrogen-bond acceptors (Lipinski definition) is 1. The molecule has 0 saturated carbocycles. The van der Waals surface area contributed by atoms with E-state index in [0.717, 1.165) is 13.0 Å². The molecular weight excluding hydrogens is 148 g/mol. The van der Waals surface area contributed by atoms with Crippen molar-refractivity contribution >= 4 is 0 Å². The molecule has 0 aromatic carbocycles. The minimum atomic E-state index is 0.246. The van der Waals surface area contributed by atoms with Gasteiger partial charge >= 0.3 is 0 Å². The number of hydrogen-bond donors (Lipinski definition) is 0. The summed E-state index contributed by atoms with van der Waals surface area (Å²) in [6.45, 7) is 9.67. The summed E-state index contributed by atoms with van der Waals surface area (Å²) < 4.78 is 5.30. The summed E-state index contributed by atoms with van der Waals surface area (Å²) >= 11 is 0. The molecule has 0 saturated heterocycles. The van der Waals surface area contributed by atoms with Crippen LogP contribution in [0.25, 0.3) is 0 Å². The first-order valence-electron chi connectivity index (χ1n) is 4.56. The smallest absolute Gasteiger partial charge is 0.109 e. The fourth-order valence-electron chi connectivity index (χ4n) is 1.48. The Morgan fingerprint density at radius 2 is 2.08 bits per heavy atom. The van der Waals surface area contributed by atoms with Crippen LogP contribution in [0.1, 0.15) is 34.1 Å². The van der Waals surface area contributed by atoms with Crippen LogP contribution >= 0.6 is 0 Å². The van der Waals surface area contributed by atoms with E-state index in [9.17, 15) is 0 Å². The molecule has 0 atom stereocenters. The first-order valence-corrected chi connectivity index (χ1v) is 4.56. The summed E-state index contributed by atoms with van der Waals surface area (Å²) in [5.74, 6) is 0. The molecule has 0 bridgehead atoms. The van der Waals surface area contributed by atoms with E-state index in [-0.39, 0.29) is 5.41 Å². The molecule has 0 amide bonds.